The van der Waals surface area contributed by atoms with Gasteiger partial charge in [0, 0.05) is 7.05 Å². The van der Waals surface area contributed by atoms with Crippen molar-refractivity contribution in [3.63, 3.8) is 0 Å². The van der Waals surface area contributed by atoms with Gasteiger partial charge in [0.2, 0.25) is 0 Å². The standard InChI is InChI=1S/C3H5N3.C2H2N4O2/c1-6-3-4-2-5-6;7-2(8)1-3-5-6-4-1/h2-3H,1H3;(H,7,8)(H,3,4,5,6). The summed E-state index contributed by atoms with van der Waals surface area (Å²) in [5, 5.41) is 23.2. The molecule has 74 valence electrons. The van der Waals surface area contributed by atoms with Gasteiger partial charge in [-0.3, -0.25) is 4.68 Å². The van der Waals surface area contributed by atoms with Crippen LogP contribution in [-0.4, -0.2) is 46.5 Å². The third-order valence-electron chi connectivity index (χ3n) is 1.07. The van der Waals surface area contributed by atoms with E-state index in [1.165, 1.54) is 6.33 Å². The van der Waals surface area contributed by atoms with E-state index in [-0.39, 0.29) is 5.82 Å². The largest absolute Gasteiger partial charge is 0.475 e. The first-order valence-electron chi connectivity index (χ1n) is 3.45. The van der Waals surface area contributed by atoms with Gasteiger partial charge < -0.3 is 5.11 Å². The molecule has 2 aromatic rings. The van der Waals surface area contributed by atoms with Gasteiger partial charge in [0.15, 0.2) is 0 Å². The molecule has 0 bridgehead atoms. The number of carboxylic acids is 1. The number of nitrogens with zero attached hydrogens (tertiary/aromatic N) is 6. The van der Waals surface area contributed by atoms with Crippen molar-refractivity contribution in [2.75, 3.05) is 0 Å². The molecule has 2 rings (SSSR count). The van der Waals surface area contributed by atoms with Crippen LogP contribution in [0.1, 0.15) is 10.6 Å². The zero-order valence-electron chi connectivity index (χ0n) is 7.19. The summed E-state index contributed by atoms with van der Waals surface area (Å²) in [5.41, 5.74) is 0. The Hall–Kier alpha value is -2.32. The molecule has 0 saturated carbocycles. The van der Waals surface area contributed by atoms with Crippen LogP contribution >= 0.6 is 0 Å². The van der Waals surface area contributed by atoms with Crippen molar-refractivity contribution in [2.24, 2.45) is 7.05 Å². The molecule has 0 radical (unpaired) electrons. The Labute approximate surface area is 77.8 Å². The summed E-state index contributed by atoms with van der Waals surface area (Å²) in [5.74, 6) is -1.50. The number of aromatic carboxylic acids is 1. The molecule has 9 heteroatoms. The quantitative estimate of drug-likeness (QED) is 0.583. The minimum Gasteiger partial charge on any atom is -0.475 e. The molecule has 0 saturated heterocycles. The lowest BCUT2D eigenvalue weighted by molar-refractivity contribution is 0.0683. The van der Waals surface area contributed by atoms with Gasteiger partial charge in [-0.1, -0.05) is 0 Å². The maximum Gasteiger partial charge on any atom is 0.377 e. The maximum atomic E-state index is 9.88. The molecule has 0 atom stereocenters. The average Bonchev–Trinajstić information content (AvgIpc) is 2.75. The van der Waals surface area contributed by atoms with Crippen molar-refractivity contribution in [1.82, 2.24) is 35.4 Å². The number of rotatable bonds is 1. The third-order valence-corrected chi connectivity index (χ3v) is 1.07. The number of carbonyl (C=O) groups is 1. The monoisotopic (exact) mass is 197 g/mol. The lowest BCUT2D eigenvalue weighted by Gasteiger charge is -1.74. The summed E-state index contributed by atoms with van der Waals surface area (Å²) in [7, 11) is 1.83. The summed E-state index contributed by atoms with van der Waals surface area (Å²) < 4.78 is 1.64. The van der Waals surface area contributed by atoms with E-state index in [0.29, 0.717) is 0 Å². The van der Waals surface area contributed by atoms with Gasteiger partial charge in [0.25, 0.3) is 5.82 Å². The fourth-order valence-corrected chi connectivity index (χ4v) is 0.520. The minimum absolute atomic E-state index is 0.315. The van der Waals surface area contributed by atoms with Gasteiger partial charge in [-0.15, -0.1) is 10.2 Å². The summed E-state index contributed by atoms with van der Waals surface area (Å²) in [4.78, 5) is 13.6. The Morgan fingerprint density at radius 3 is 2.64 bits per heavy atom. The number of aromatic nitrogens is 7. The van der Waals surface area contributed by atoms with Gasteiger partial charge in [-0.2, -0.15) is 10.3 Å². The zero-order chi connectivity index (χ0) is 10.4. The zero-order valence-corrected chi connectivity index (χ0v) is 7.19. The van der Waals surface area contributed by atoms with Crippen LogP contribution < -0.4 is 0 Å². The molecular formula is C5H7N7O2. The second kappa shape index (κ2) is 4.64. The van der Waals surface area contributed by atoms with Gasteiger partial charge in [0.1, 0.15) is 12.7 Å². The Bertz CT molecular complexity index is 367. The molecule has 2 heterocycles. The predicted molar refractivity (Wildman–Crippen MR) is 42.1 cm³/mol. The smallest absolute Gasteiger partial charge is 0.377 e. The number of hydrogen-bond donors (Lipinski definition) is 2. The minimum atomic E-state index is -1.18. The van der Waals surface area contributed by atoms with Crippen LogP contribution in [0.15, 0.2) is 12.7 Å². The van der Waals surface area contributed by atoms with Crippen molar-refractivity contribution in [3.8, 4) is 0 Å². The highest BCUT2D eigenvalue weighted by molar-refractivity contribution is 5.82. The summed E-state index contributed by atoms with van der Waals surface area (Å²) >= 11 is 0. The number of tetrazole rings is 1. The highest BCUT2D eigenvalue weighted by Gasteiger charge is 2.04. The Balaban J connectivity index is 0.000000146. The summed E-state index contributed by atoms with van der Waals surface area (Å²) in [6.45, 7) is 0. The molecular weight excluding hydrogens is 190 g/mol. The van der Waals surface area contributed by atoms with E-state index in [9.17, 15) is 4.79 Å². The molecule has 0 fully saturated rings. The van der Waals surface area contributed by atoms with Gasteiger partial charge in [-0.25, -0.2) is 9.78 Å². The van der Waals surface area contributed by atoms with Crippen LogP contribution in [0.4, 0.5) is 0 Å². The maximum absolute atomic E-state index is 9.88. The SMILES string of the molecule is Cn1cncn1.O=C(O)c1nn[nH]n1. The number of hydrogen-bond acceptors (Lipinski definition) is 6. The second-order valence-corrected chi connectivity index (χ2v) is 2.11. The summed E-state index contributed by atoms with van der Waals surface area (Å²) in [6.07, 6.45) is 3.14. The molecule has 0 aliphatic heterocycles. The van der Waals surface area contributed by atoms with Crippen LogP contribution in [0.3, 0.4) is 0 Å². The predicted octanol–water partition coefficient (Wildman–Crippen LogP) is -1.29. The first-order chi connectivity index (χ1) is 6.70. The topological polar surface area (TPSA) is 122 Å². The number of H-pyrrole nitrogens is 1. The first-order valence-corrected chi connectivity index (χ1v) is 3.45. The van der Waals surface area contributed by atoms with E-state index in [1.807, 2.05) is 12.3 Å². The van der Waals surface area contributed by atoms with Crippen LogP contribution in [0.5, 0.6) is 0 Å². The van der Waals surface area contributed by atoms with Crippen molar-refractivity contribution < 1.29 is 9.90 Å². The molecule has 0 aliphatic rings. The fourth-order valence-electron chi connectivity index (χ4n) is 0.520. The molecule has 0 amide bonds. The van der Waals surface area contributed by atoms with Gasteiger partial charge in [-0.05, 0) is 5.21 Å². The lowest BCUT2D eigenvalue weighted by atomic mass is 10.7. The van der Waals surface area contributed by atoms with Gasteiger partial charge in [0.05, 0.1) is 0 Å². The van der Waals surface area contributed by atoms with Gasteiger partial charge >= 0.3 is 5.97 Å². The van der Waals surface area contributed by atoms with Crippen molar-refractivity contribution in [3.05, 3.63) is 18.5 Å². The van der Waals surface area contributed by atoms with E-state index in [0.717, 1.165) is 0 Å². The molecule has 14 heavy (non-hydrogen) atoms. The Morgan fingerprint density at radius 2 is 2.43 bits per heavy atom. The molecule has 0 spiro atoms. The number of carboxylic acid groups (broad SMARTS) is 1. The van der Waals surface area contributed by atoms with Crippen LogP contribution in [0, 0.1) is 0 Å². The van der Waals surface area contributed by atoms with Crippen LogP contribution in [0.25, 0.3) is 0 Å². The van der Waals surface area contributed by atoms with E-state index in [2.05, 4.69) is 25.5 Å². The molecule has 9 nitrogen and oxygen atoms in total. The highest BCUT2D eigenvalue weighted by atomic mass is 16.4. The molecule has 2 aromatic heterocycles. The van der Waals surface area contributed by atoms with Crippen LogP contribution in [-0.2, 0) is 7.05 Å². The lowest BCUT2D eigenvalue weighted by Crippen LogP contribution is -1.98. The normalized spacial score (nSPS) is 8.93. The number of aromatic amines is 1. The average molecular weight is 197 g/mol. The van der Waals surface area contributed by atoms with E-state index in [4.69, 9.17) is 5.11 Å². The van der Waals surface area contributed by atoms with Crippen molar-refractivity contribution in [1.29, 1.82) is 0 Å². The highest BCUT2D eigenvalue weighted by Crippen LogP contribution is 1.78. The number of nitrogens with one attached hydrogen (secondary N) is 1. The first kappa shape index (κ1) is 9.77. The van der Waals surface area contributed by atoms with E-state index < -0.39 is 5.97 Å². The Kier molecular flexibility index (Phi) is 3.24. The van der Waals surface area contributed by atoms with Crippen LogP contribution in [0.2, 0.25) is 0 Å². The van der Waals surface area contributed by atoms with Crippen molar-refractivity contribution >= 4 is 5.97 Å². The molecule has 0 aliphatic carbocycles. The molecule has 0 aromatic carbocycles. The number of aryl methyl sites for hydroxylation is 1. The van der Waals surface area contributed by atoms with Crippen molar-refractivity contribution in [2.45, 2.75) is 0 Å². The Morgan fingerprint density at radius 1 is 1.64 bits per heavy atom. The van der Waals surface area contributed by atoms with E-state index >= 15 is 0 Å². The third kappa shape index (κ3) is 2.97. The fraction of sp³-hybridized carbons (Fsp3) is 0.200. The molecule has 2 N–H and O–H groups in total. The van der Waals surface area contributed by atoms with E-state index in [1.54, 1.807) is 11.0 Å². The molecule has 0 unspecified atom stereocenters. The summed E-state index contributed by atoms with van der Waals surface area (Å²) in [6, 6.07) is 0. The second-order valence-electron chi connectivity index (χ2n) is 2.11.